The van der Waals surface area contributed by atoms with Crippen LogP contribution in [0.4, 0.5) is 0 Å². The van der Waals surface area contributed by atoms with E-state index in [-0.39, 0.29) is 16.9 Å². The third-order valence-corrected chi connectivity index (χ3v) is 7.11. The fraction of sp³-hybridized carbons (Fsp3) is 0.536. The fourth-order valence-corrected chi connectivity index (χ4v) is 5.05. The molecule has 1 aliphatic rings. The maximum atomic E-state index is 12.9. The predicted molar refractivity (Wildman–Crippen MR) is 128 cm³/mol. The highest BCUT2D eigenvalue weighted by atomic mass is 16.5. The number of rotatable bonds is 9. The second-order valence-corrected chi connectivity index (χ2v) is 9.97. The Morgan fingerprint density at radius 2 is 1.77 bits per heavy atom. The highest BCUT2D eigenvalue weighted by Gasteiger charge is 2.34. The number of hydrogen-bond acceptors (Lipinski definition) is 2. The van der Waals surface area contributed by atoms with E-state index in [4.69, 9.17) is 4.74 Å². The van der Waals surface area contributed by atoms with E-state index in [1.165, 1.54) is 11.1 Å². The summed E-state index contributed by atoms with van der Waals surface area (Å²) in [5.74, 6) is 1.16. The summed E-state index contributed by atoms with van der Waals surface area (Å²) in [4.78, 5) is 12.9. The van der Waals surface area contributed by atoms with E-state index in [9.17, 15) is 4.79 Å². The van der Waals surface area contributed by atoms with Crippen molar-refractivity contribution >= 4 is 5.91 Å². The number of benzene rings is 2. The van der Waals surface area contributed by atoms with Crippen molar-refractivity contribution in [1.29, 1.82) is 0 Å². The standard InChI is InChI=1S/C28H39NO2/c1-5-28(4,24-14-10-7-11-15-24)21-26(30)29-18-16-25(22-12-8-6-9-13-22)23-17-19-31-27(2,3)20-23/h6-15,23,25H,5,16-21H2,1-4H3,(H,29,30)/t23-,25-,28+/m1/s1. The minimum atomic E-state index is -0.130. The normalized spacial score (nSPS) is 21.1. The molecule has 0 radical (unpaired) electrons. The molecule has 0 spiro atoms. The molecule has 3 rings (SSSR count). The molecule has 3 heteroatoms. The number of hydrogen-bond donors (Lipinski definition) is 1. The molecule has 2 aromatic carbocycles. The third-order valence-electron chi connectivity index (χ3n) is 7.11. The van der Waals surface area contributed by atoms with E-state index in [2.05, 4.69) is 87.6 Å². The molecule has 1 aliphatic heterocycles. The van der Waals surface area contributed by atoms with Crippen LogP contribution in [0.15, 0.2) is 60.7 Å². The number of ether oxygens (including phenoxy) is 1. The average Bonchev–Trinajstić information content (AvgIpc) is 2.77. The molecule has 168 valence electrons. The molecule has 1 amide bonds. The first-order chi connectivity index (χ1) is 14.8. The average molecular weight is 422 g/mol. The lowest BCUT2D eigenvalue weighted by Gasteiger charge is -2.39. The van der Waals surface area contributed by atoms with Crippen molar-refractivity contribution < 1.29 is 9.53 Å². The van der Waals surface area contributed by atoms with Crippen LogP contribution in [-0.2, 0) is 14.9 Å². The molecule has 1 N–H and O–H groups in total. The quantitative estimate of drug-likeness (QED) is 0.520. The predicted octanol–water partition coefficient (Wildman–Crippen LogP) is 6.24. The van der Waals surface area contributed by atoms with Crippen LogP contribution in [0.5, 0.6) is 0 Å². The smallest absolute Gasteiger partial charge is 0.220 e. The van der Waals surface area contributed by atoms with Crippen molar-refractivity contribution in [1.82, 2.24) is 5.32 Å². The molecule has 1 saturated heterocycles. The minimum absolute atomic E-state index is 0.0716. The molecule has 3 nitrogen and oxygen atoms in total. The summed E-state index contributed by atoms with van der Waals surface area (Å²) in [5.41, 5.74) is 2.41. The lowest BCUT2D eigenvalue weighted by atomic mass is 9.75. The first kappa shape index (κ1) is 23.5. The van der Waals surface area contributed by atoms with Gasteiger partial charge in [-0.2, -0.15) is 0 Å². The van der Waals surface area contributed by atoms with Crippen LogP contribution in [0.1, 0.15) is 76.8 Å². The molecular weight excluding hydrogens is 382 g/mol. The summed E-state index contributed by atoms with van der Waals surface area (Å²) in [5, 5.41) is 3.23. The van der Waals surface area contributed by atoms with Gasteiger partial charge in [-0.15, -0.1) is 0 Å². The van der Waals surface area contributed by atoms with Crippen LogP contribution in [0.25, 0.3) is 0 Å². The Labute approximate surface area is 188 Å². The van der Waals surface area contributed by atoms with Crippen molar-refractivity contribution in [3.8, 4) is 0 Å². The molecular formula is C28H39NO2. The maximum absolute atomic E-state index is 12.9. The number of carbonyl (C=O) groups is 1. The first-order valence-electron chi connectivity index (χ1n) is 11.8. The first-order valence-corrected chi connectivity index (χ1v) is 11.8. The van der Waals surface area contributed by atoms with Gasteiger partial charge in [0, 0.05) is 25.0 Å². The SMILES string of the molecule is CC[C@@](C)(CC(=O)NCC[C@H](c1ccccc1)[C@@H]1CCOC(C)(C)C1)c1ccccc1. The van der Waals surface area contributed by atoms with Gasteiger partial charge in [0.05, 0.1) is 5.60 Å². The van der Waals surface area contributed by atoms with E-state index in [0.717, 1.165) is 32.3 Å². The second kappa shape index (κ2) is 10.5. The van der Waals surface area contributed by atoms with E-state index < -0.39 is 0 Å². The zero-order valence-electron chi connectivity index (χ0n) is 19.7. The van der Waals surface area contributed by atoms with Crippen molar-refractivity contribution in [2.45, 2.75) is 76.7 Å². The van der Waals surface area contributed by atoms with Gasteiger partial charge < -0.3 is 10.1 Å². The molecule has 0 saturated carbocycles. The topological polar surface area (TPSA) is 38.3 Å². The number of carbonyl (C=O) groups excluding carboxylic acids is 1. The van der Waals surface area contributed by atoms with E-state index >= 15 is 0 Å². The largest absolute Gasteiger partial charge is 0.376 e. The number of amides is 1. The van der Waals surface area contributed by atoms with E-state index in [0.29, 0.717) is 24.8 Å². The lowest BCUT2D eigenvalue weighted by molar-refractivity contribution is -0.122. The lowest BCUT2D eigenvalue weighted by Crippen LogP contribution is -2.37. The zero-order chi connectivity index (χ0) is 22.3. The molecule has 0 bridgehead atoms. The monoisotopic (exact) mass is 421 g/mol. The van der Waals surface area contributed by atoms with Crippen molar-refractivity contribution in [3.63, 3.8) is 0 Å². The summed E-state index contributed by atoms with van der Waals surface area (Å²) in [6.07, 6.45) is 4.56. The van der Waals surface area contributed by atoms with Crippen LogP contribution < -0.4 is 5.32 Å². The van der Waals surface area contributed by atoms with E-state index in [1.54, 1.807) is 0 Å². The van der Waals surface area contributed by atoms with Crippen molar-refractivity contribution in [2.24, 2.45) is 5.92 Å². The molecule has 0 aromatic heterocycles. The molecule has 0 aliphatic carbocycles. The van der Waals surface area contributed by atoms with Gasteiger partial charge in [-0.3, -0.25) is 4.79 Å². The molecule has 1 fully saturated rings. The minimum Gasteiger partial charge on any atom is -0.376 e. The Kier molecular flexibility index (Phi) is 7.94. The van der Waals surface area contributed by atoms with Gasteiger partial charge in [0.1, 0.15) is 0 Å². The number of nitrogens with one attached hydrogen (secondary N) is 1. The highest BCUT2D eigenvalue weighted by molar-refractivity contribution is 5.77. The van der Waals surface area contributed by atoms with Gasteiger partial charge >= 0.3 is 0 Å². The zero-order valence-corrected chi connectivity index (χ0v) is 19.7. The van der Waals surface area contributed by atoms with Crippen molar-refractivity contribution in [2.75, 3.05) is 13.2 Å². The summed E-state index contributed by atoms with van der Waals surface area (Å²) in [7, 11) is 0. The van der Waals surface area contributed by atoms with E-state index in [1.807, 2.05) is 6.07 Å². The summed E-state index contributed by atoms with van der Waals surface area (Å²) < 4.78 is 5.96. The highest BCUT2D eigenvalue weighted by Crippen LogP contribution is 2.39. The van der Waals surface area contributed by atoms with Crippen LogP contribution in [0.2, 0.25) is 0 Å². The van der Waals surface area contributed by atoms with Gasteiger partial charge in [0.2, 0.25) is 5.91 Å². The van der Waals surface area contributed by atoms with Gasteiger partial charge in [0.15, 0.2) is 0 Å². The molecule has 1 heterocycles. The Bertz CT molecular complexity index is 817. The summed E-state index contributed by atoms with van der Waals surface area (Å²) in [6, 6.07) is 21.2. The fourth-order valence-electron chi connectivity index (χ4n) is 5.05. The summed E-state index contributed by atoms with van der Waals surface area (Å²) in [6.45, 7) is 10.3. The molecule has 2 aromatic rings. The Morgan fingerprint density at radius 3 is 2.39 bits per heavy atom. The van der Waals surface area contributed by atoms with Crippen LogP contribution in [-0.4, -0.2) is 24.7 Å². The Hall–Kier alpha value is -2.13. The molecule has 0 unspecified atom stereocenters. The Morgan fingerprint density at radius 1 is 1.13 bits per heavy atom. The van der Waals surface area contributed by atoms with Crippen LogP contribution in [0.3, 0.4) is 0 Å². The summed E-state index contributed by atoms with van der Waals surface area (Å²) >= 11 is 0. The Balaban J connectivity index is 1.62. The maximum Gasteiger partial charge on any atom is 0.220 e. The molecule has 31 heavy (non-hydrogen) atoms. The van der Waals surface area contributed by atoms with Crippen LogP contribution >= 0.6 is 0 Å². The van der Waals surface area contributed by atoms with Gasteiger partial charge in [0.25, 0.3) is 0 Å². The van der Waals surface area contributed by atoms with Gasteiger partial charge in [-0.25, -0.2) is 0 Å². The van der Waals surface area contributed by atoms with Crippen molar-refractivity contribution in [3.05, 3.63) is 71.8 Å². The third kappa shape index (κ3) is 6.43. The molecule has 3 atom stereocenters. The second-order valence-electron chi connectivity index (χ2n) is 9.97. The van der Waals surface area contributed by atoms with Gasteiger partial charge in [-0.1, -0.05) is 74.5 Å². The van der Waals surface area contributed by atoms with Gasteiger partial charge in [-0.05, 0) is 62.5 Å². The van der Waals surface area contributed by atoms with Crippen LogP contribution in [0, 0.1) is 5.92 Å².